The maximum atomic E-state index is 5.70. The quantitative estimate of drug-likeness (QED) is 0.288. The van der Waals surface area contributed by atoms with Crippen molar-refractivity contribution in [3.05, 3.63) is 35.4 Å². The van der Waals surface area contributed by atoms with E-state index in [-0.39, 0.29) is 6.17 Å². The van der Waals surface area contributed by atoms with Crippen molar-refractivity contribution in [2.75, 3.05) is 0 Å². The molecule has 0 fully saturated rings. The van der Waals surface area contributed by atoms with Crippen LogP contribution in [0.1, 0.15) is 17.3 Å². The fourth-order valence-corrected chi connectivity index (χ4v) is 0.947. The fraction of sp³-hybridized carbons (Fsp3) is 0.250. The third-order valence-corrected chi connectivity index (χ3v) is 1.68. The van der Waals surface area contributed by atoms with Gasteiger partial charge in [-0.15, -0.1) is 0 Å². The number of nitrogens with two attached hydrogens (primary N) is 2. The summed E-state index contributed by atoms with van der Waals surface area (Å²) >= 11 is 0. The van der Waals surface area contributed by atoms with Crippen LogP contribution in [0.5, 0.6) is 0 Å². The van der Waals surface area contributed by atoms with Gasteiger partial charge in [-0.3, -0.25) is 5.84 Å². The minimum absolute atomic E-state index is 0.268. The summed E-state index contributed by atoms with van der Waals surface area (Å²) in [5.41, 5.74) is 12.9. The monoisotopic (exact) mass is 166 g/mol. The lowest BCUT2D eigenvalue weighted by Gasteiger charge is -2.12. The number of hydrogen-bond acceptors (Lipinski definition) is 4. The maximum absolute atomic E-state index is 5.70. The van der Waals surface area contributed by atoms with E-state index >= 15 is 0 Å². The highest BCUT2D eigenvalue weighted by atomic mass is 15.5. The number of aryl methyl sites for hydroxylation is 1. The topological polar surface area (TPSA) is 76.1 Å². The van der Waals surface area contributed by atoms with Gasteiger partial charge in [0, 0.05) is 0 Å². The number of benzene rings is 1. The summed E-state index contributed by atoms with van der Waals surface area (Å²) in [6.07, 6.45) is -0.268. The lowest BCUT2D eigenvalue weighted by Crippen LogP contribution is -2.43. The molecule has 0 saturated heterocycles. The van der Waals surface area contributed by atoms with Crippen molar-refractivity contribution in [1.82, 2.24) is 11.0 Å². The molecule has 0 heterocycles. The summed E-state index contributed by atoms with van der Waals surface area (Å²) in [7, 11) is 0. The van der Waals surface area contributed by atoms with Crippen molar-refractivity contribution in [3.8, 4) is 0 Å². The van der Waals surface area contributed by atoms with E-state index in [9.17, 15) is 0 Å². The summed E-state index contributed by atoms with van der Waals surface area (Å²) in [5.74, 6) is 5.06. The summed E-state index contributed by atoms with van der Waals surface area (Å²) in [4.78, 5) is 0. The number of hydrogen-bond donors (Lipinski definition) is 4. The lowest BCUT2D eigenvalue weighted by molar-refractivity contribution is 0.460. The van der Waals surface area contributed by atoms with Gasteiger partial charge in [-0.2, -0.15) is 5.53 Å². The molecule has 6 N–H and O–H groups in total. The van der Waals surface area contributed by atoms with Gasteiger partial charge in [-0.05, 0) is 12.5 Å². The molecule has 4 heteroatoms. The Hall–Kier alpha value is -0.940. The van der Waals surface area contributed by atoms with E-state index < -0.39 is 0 Å². The first-order valence-corrected chi connectivity index (χ1v) is 3.77. The van der Waals surface area contributed by atoms with Crippen LogP contribution in [0.2, 0.25) is 0 Å². The third-order valence-electron chi connectivity index (χ3n) is 1.68. The van der Waals surface area contributed by atoms with E-state index in [4.69, 9.17) is 11.6 Å². The normalized spacial score (nSPS) is 12.9. The van der Waals surface area contributed by atoms with Crippen molar-refractivity contribution in [1.29, 1.82) is 0 Å². The van der Waals surface area contributed by atoms with E-state index in [1.165, 1.54) is 5.56 Å². The van der Waals surface area contributed by atoms with Crippen molar-refractivity contribution in [2.24, 2.45) is 11.6 Å². The SMILES string of the molecule is Cc1ccc(C(N)NNN)cc1. The summed E-state index contributed by atoms with van der Waals surface area (Å²) in [6.45, 7) is 2.03. The second-order valence-electron chi connectivity index (χ2n) is 2.68. The van der Waals surface area contributed by atoms with Gasteiger partial charge in [0.25, 0.3) is 0 Å². The van der Waals surface area contributed by atoms with Gasteiger partial charge in [0.2, 0.25) is 0 Å². The number of nitrogens with one attached hydrogen (secondary N) is 2. The Morgan fingerprint density at radius 2 is 1.83 bits per heavy atom. The van der Waals surface area contributed by atoms with Crippen LogP contribution in [-0.4, -0.2) is 0 Å². The standard InChI is InChI=1S/C8H14N4/c1-6-2-4-7(5-3-6)8(9)11-12-10/h2-5,8,11-12H,9-10H2,1H3. The molecule has 0 aromatic heterocycles. The highest BCUT2D eigenvalue weighted by molar-refractivity contribution is 5.23. The molecule has 0 radical (unpaired) electrons. The van der Waals surface area contributed by atoms with Gasteiger partial charge in [0.05, 0.1) is 6.17 Å². The molecule has 1 unspecified atom stereocenters. The van der Waals surface area contributed by atoms with Crippen LogP contribution < -0.4 is 22.5 Å². The molecule has 1 atom stereocenters. The van der Waals surface area contributed by atoms with Crippen LogP contribution in [0.25, 0.3) is 0 Å². The molecular formula is C8H14N4. The van der Waals surface area contributed by atoms with Gasteiger partial charge in [-0.1, -0.05) is 29.8 Å². The molecule has 0 amide bonds. The zero-order chi connectivity index (χ0) is 8.97. The first kappa shape index (κ1) is 9.15. The molecule has 0 aliphatic carbocycles. The predicted octanol–water partition coefficient (Wildman–Crippen LogP) is -0.0798. The molecule has 12 heavy (non-hydrogen) atoms. The fourth-order valence-electron chi connectivity index (χ4n) is 0.947. The Balaban J connectivity index is 2.68. The van der Waals surface area contributed by atoms with E-state index in [1.54, 1.807) is 0 Å². The molecule has 66 valence electrons. The van der Waals surface area contributed by atoms with Crippen LogP contribution in [-0.2, 0) is 0 Å². The molecule has 1 rings (SSSR count). The lowest BCUT2D eigenvalue weighted by atomic mass is 10.1. The molecular weight excluding hydrogens is 152 g/mol. The zero-order valence-corrected chi connectivity index (χ0v) is 7.04. The number of rotatable bonds is 3. The van der Waals surface area contributed by atoms with E-state index in [2.05, 4.69) is 11.0 Å². The van der Waals surface area contributed by atoms with Gasteiger partial charge >= 0.3 is 0 Å². The highest BCUT2D eigenvalue weighted by Crippen LogP contribution is 2.07. The molecule has 1 aromatic rings. The molecule has 0 bridgehead atoms. The largest absolute Gasteiger partial charge is 0.311 e. The first-order chi connectivity index (χ1) is 5.74. The van der Waals surface area contributed by atoms with Gasteiger partial charge < -0.3 is 5.73 Å². The smallest absolute Gasteiger partial charge is 0.0951 e. The van der Waals surface area contributed by atoms with Crippen molar-refractivity contribution < 1.29 is 0 Å². The Morgan fingerprint density at radius 3 is 2.33 bits per heavy atom. The first-order valence-electron chi connectivity index (χ1n) is 3.77. The Bertz CT molecular complexity index is 231. The summed E-state index contributed by atoms with van der Waals surface area (Å²) in [6, 6.07) is 7.94. The average molecular weight is 166 g/mol. The Kier molecular flexibility index (Phi) is 3.19. The molecule has 0 saturated carbocycles. The maximum Gasteiger partial charge on any atom is 0.0951 e. The summed E-state index contributed by atoms with van der Waals surface area (Å²) in [5, 5.41) is 0. The van der Waals surface area contributed by atoms with Crippen LogP contribution in [0.3, 0.4) is 0 Å². The average Bonchev–Trinajstić information content (AvgIpc) is 2.06. The van der Waals surface area contributed by atoms with Crippen molar-refractivity contribution in [2.45, 2.75) is 13.1 Å². The van der Waals surface area contributed by atoms with Crippen LogP contribution in [0, 0.1) is 6.92 Å². The van der Waals surface area contributed by atoms with Gasteiger partial charge in [0.15, 0.2) is 0 Å². The van der Waals surface area contributed by atoms with Gasteiger partial charge in [-0.25, -0.2) is 5.43 Å². The van der Waals surface area contributed by atoms with Crippen LogP contribution in [0.15, 0.2) is 24.3 Å². The van der Waals surface area contributed by atoms with Crippen LogP contribution >= 0.6 is 0 Å². The molecule has 0 aliphatic heterocycles. The second kappa shape index (κ2) is 4.18. The Labute approximate surface area is 71.9 Å². The van der Waals surface area contributed by atoms with E-state index in [0.717, 1.165) is 5.56 Å². The molecule has 0 spiro atoms. The minimum atomic E-state index is -0.268. The predicted molar refractivity (Wildman–Crippen MR) is 48.6 cm³/mol. The van der Waals surface area contributed by atoms with Crippen molar-refractivity contribution >= 4 is 0 Å². The molecule has 4 nitrogen and oxygen atoms in total. The third kappa shape index (κ3) is 2.28. The van der Waals surface area contributed by atoms with Crippen LogP contribution in [0.4, 0.5) is 0 Å². The van der Waals surface area contributed by atoms with Crippen molar-refractivity contribution in [3.63, 3.8) is 0 Å². The second-order valence-corrected chi connectivity index (χ2v) is 2.68. The molecule has 0 aliphatic rings. The van der Waals surface area contributed by atoms with E-state index in [0.29, 0.717) is 0 Å². The van der Waals surface area contributed by atoms with E-state index in [1.807, 2.05) is 31.2 Å². The number of hydrazine groups is 2. The summed E-state index contributed by atoms with van der Waals surface area (Å²) < 4.78 is 0. The minimum Gasteiger partial charge on any atom is -0.311 e. The molecule has 1 aromatic carbocycles. The van der Waals surface area contributed by atoms with Gasteiger partial charge in [0.1, 0.15) is 0 Å². The Morgan fingerprint density at radius 1 is 1.25 bits per heavy atom. The zero-order valence-electron chi connectivity index (χ0n) is 7.04. The highest BCUT2D eigenvalue weighted by Gasteiger charge is 2.01.